The van der Waals surface area contributed by atoms with Crippen LogP contribution in [0.1, 0.15) is 64.1 Å². The molecule has 4 aromatic rings. The van der Waals surface area contributed by atoms with Crippen molar-refractivity contribution in [2.75, 3.05) is 5.32 Å². The molecule has 42 heavy (non-hydrogen) atoms. The number of hydrogen-bond acceptors (Lipinski definition) is 6. The predicted molar refractivity (Wildman–Crippen MR) is 145 cm³/mol. The molecule has 1 amide bonds. The Labute approximate surface area is 238 Å². The lowest BCUT2D eigenvalue weighted by Crippen LogP contribution is -2.28. The fourth-order valence-corrected chi connectivity index (χ4v) is 4.80. The van der Waals surface area contributed by atoms with Crippen LogP contribution in [0.2, 0.25) is 0 Å². The van der Waals surface area contributed by atoms with Gasteiger partial charge in [-0.15, -0.1) is 0 Å². The summed E-state index contributed by atoms with van der Waals surface area (Å²) in [6.07, 6.45) is 1.34. The van der Waals surface area contributed by atoms with Gasteiger partial charge in [-0.25, -0.2) is 9.07 Å². The van der Waals surface area contributed by atoms with Gasteiger partial charge < -0.3 is 16.2 Å². The largest absolute Gasteiger partial charge is 0.435 e. The number of hydrogen-bond donors (Lipinski definition) is 3. The molecule has 2 heterocycles. The molecule has 0 spiro atoms. The van der Waals surface area contributed by atoms with Crippen molar-refractivity contribution in [2.24, 2.45) is 11.7 Å². The van der Waals surface area contributed by atoms with Crippen molar-refractivity contribution in [3.05, 3.63) is 106 Å². The molecular weight excluding hydrogens is 552 g/mol. The number of nitrogens with two attached hydrogens (primary N) is 1. The van der Waals surface area contributed by atoms with Crippen molar-refractivity contribution < 1.29 is 27.5 Å². The van der Waals surface area contributed by atoms with Crippen LogP contribution < -0.4 is 11.1 Å². The number of aromatic nitrogens is 3. The second-order valence-electron chi connectivity index (χ2n) is 10.3. The smallest absolute Gasteiger partial charge is 0.380 e. The number of nitrogens with one attached hydrogen (secondary N) is 1. The molecule has 1 saturated carbocycles. The highest BCUT2D eigenvalue weighted by Crippen LogP contribution is 2.41. The average Bonchev–Trinajstić information content (AvgIpc) is 3.70. The summed E-state index contributed by atoms with van der Waals surface area (Å²) >= 11 is 0. The second-order valence-corrected chi connectivity index (χ2v) is 10.3. The van der Waals surface area contributed by atoms with Crippen molar-refractivity contribution in [3.8, 4) is 11.8 Å². The van der Waals surface area contributed by atoms with Crippen molar-refractivity contribution in [1.29, 1.82) is 5.26 Å². The lowest BCUT2D eigenvalue weighted by molar-refractivity contribution is -0.141. The van der Waals surface area contributed by atoms with Gasteiger partial charge in [0.1, 0.15) is 17.1 Å². The first-order valence-electron chi connectivity index (χ1n) is 13.2. The van der Waals surface area contributed by atoms with Crippen LogP contribution in [-0.4, -0.2) is 25.8 Å². The highest BCUT2D eigenvalue weighted by Gasteiger charge is 2.37. The molecule has 1 aliphatic carbocycles. The number of pyridine rings is 1. The van der Waals surface area contributed by atoms with E-state index in [9.17, 15) is 28.3 Å². The van der Waals surface area contributed by atoms with Crippen molar-refractivity contribution in [3.63, 3.8) is 0 Å². The summed E-state index contributed by atoms with van der Waals surface area (Å²) in [6, 6.07) is 13.7. The number of benzene rings is 2. The van der Waals surface area contributed by atoms with Gasteiger partial charge >= 0.3 is 6.18 Å². The van der Waals surface area contributed by atoms with E-state index in [2.05, 4.69) is 15.4 Å². The van der Waals surface area contributed by atoms with E-state index in [-0.39, 0.29) is 29.0 Å². The molecule has 12 heteroatoms. The minimum absolute atomic E-state index is 0.00426. The number of nitrogens with zero attached hydrogens (tertiary/aromatic N) is 4. The number of alkyl halides is 3. The molecule has 0 saturated heterocycles. The number of nitriles is 1. The second kappa shape index (κ2) is 11.3. The van der Waals surface area contributed by atoms with Crippen molar-refractivity contribution >= 4 is 11.6 Å². The number of rotatable bonds is 9. The highest BCUT2D eigenvalue weighted by atomic mass is 19.4. The van der Waals surface area contributed by atoms with Crippen LogP contribution in [0.3, 0.4) is 0 Å². The van der Waals surface area contributed by atoms with E-state index in [1.807, 2.05) is 6.07 Å². The molecule has 0 bridgehead atoms. The van der Waals surface area contributed by atoms with E-state index in [0.717, 1.165) is 30.0 Å². The average molecular weight is 579 g/mol. The van der Waals surface area contributed by atoms with Gasteiger partial charge in [-0.1, -0.05) is 25.0 Å². The molecule has 2 aromatic heterocycles. The minimum Gasteiger partial charge on any atom is -0.380 e. The summed E-state index contributed by atoms with van der Waals surface area (Å²) in [5.74, 6) is -1.47. The predicted octanol–water partition coefficient (Wildman–Crippen LogP) is 5.43. The number of amides is 1. The first kappa shape index (κ1) is 28.9. The topological polar surface area (TPSA) is 130 Å². The number of halogens is 4. The molecular formula is C30H26F4N6O2. The van der Waals surface area contributed by atoms with Crippen LogP contribution in [0, 0.1) is 23.1 Å². The maximum absolute atomic E-state index is 15.0. The number of carbonyl (C=O) groups is 1. The summed E-state index contributed by atoms with van der Waals surface area (Å²) in [4.78, 5) is 17.5. The fraction of sp³-hybridized carbons (Fsp3) is 0.267. The van der Waals surface area contributed by atoms with Gasteiger partial charge in [-0.05, 0) is 66.3 Å². The Kier molecular flexibility index (Phi) is 7.81. The number of aliphatic hydroxyl groups is 1. The van der Waals surface area contributed by atoms with E-state index in [1.54, 1.807) is 18.3 Å². The molecule has 1 atom stereocenters. The van der Waals surface area contributed by atoms with E-state index in [0.29, 0.717) is 29.5 Å². The summed E-state index contributed by atoms with van der Waals surface area (Å²) in [5.41, 5.74) is 3.16. The molecule has 8 nitrogen and oxygen atoms in total. The van der Waals surface area contributed by atoms with Crippen LogP contribution in [0.5, 0.6) is 0 Å². The van der Waals surface area contributed by atoms with Crippen LogP contribution in [0.4, 0.5) is 23.2 Å². The lowest BCUT2D eigenvalue weighted by Gasteiger charge is -2.30. The Morgan fingerprint density at radius 3 is 2.57 bits per heavy atom. The van der Waals surface area contributed by atoms with Gasteiger partial charge in [0.05, 0.1) is 23.0 Å². The summed E-state index contributed by atoms with van der Waals surface area (Å²) in [5, 5.41) is 27.1. The SMILES string of the molecule is N#Cc1cc(CN)cc(-n2nc(C(F)(F)F)cc2C(=O)Nc2cc(C(O)(CCC3CC3)c3cccnc3)ccc2F)c1. The Hall–Kier alpha value is -4.60. The van der Waals surface area contributed by atoms with Crippen LogP contribution in [0.15, 0.2) is 67.0 Å². The number of carbonyl (C=O) groups excluding carboxylic acids is 1. The molecule has 1 fully saturated rings. The molecule has 0 radical (unpaired) electrons. The monoisotopic (exact) mass is 578 g/mol. The van der Waals surface area contributed by atoms with Gasteiger partial charge in [0.15, 0.2) is 5.69 Å². The van der Waals surface area contributed by atoms with Gasteiger partial charge in [0, 0.05) is 30.6 Å². The maximum Gasteiger partial charge on any atom is 0.435 e. The molecule has 216 valence electrons. The molecule has 2 aromatic carbocycles. The normalized spacial score (nSPS) is 14.7. The zero-order valence-corrected chi connectivity index (χ0v) is 22.2. The van der Waals surface area contributed by atoms with E-state index < -0.39 is 34.9 Å². The third kappa shape index (κ3) is 6.02. The quantitative estimate of drug-likeness (QED) is 0.227. The lowest BCUT2D eigenvalue weighted by atomic mass is 9.82. The summed E-state index contributed by atoms with van der Waals surface area (Å²) < 4.78 is 56.7. The third-order valence-electron chi connectivity index (χ3n) is 7.26. The van der Waals surface area contributed by atoms with Gasteiger partial charge in [-0.3, -0.25) is 9.78 Å². The van der Waals surface area contributed by atoms with E-state index >= 15 is 4.39 Å². The van der Waals surface area contributed by atoms with E-state index in [1.165, 1.54) is 36.5 Å². The van der Waals surface area contributed by atoms with Crippen LogP contribution >= 0.6 is 0 Å². The van der Waals surface area contributed by atoms with Gasteiger partial charge in [0.25, 0.3) is 5.91 Å². The zero-order chi connectivity index (χ0) is 30.1. The molecule has 1 aliphatic rings. The highest BCUT2D eigenvalue weighted by molar-refractivity contribution is 6.03. The van der Waals surface area contributed by atoms with Gasteiger partial charge in [-0.2, -0.15) is 23.5 Å². The molecule has 1 unspecified atom stereocenters. The van der Waals surface area contributed by atoms with Crippen LogP contribution in [-0.2, 0) is 18.3 Å². The Bertz CT molecular complexity index is 1660. The molecule has 4 N–H and O–H groups in total. The first-order valence-corrected chi connectivity index (χ1v) is 13.2. The first-order chi connectivity index (χ1) is 20.0. The van der Waals surface area contributed by atoms with Crippen LogP contribution in [0.25, 0.3) is 5.69 Å². The zero-order valence-electron chi connectivity index (χ0n) is 22.2. The Morgan fingerprint density at radius 2 is 1.93 bits per heavy atom. The standard InChI is InChI=1S/C30H26F4N6O2/c31-24-6-5-21(29(42,8-7-18-3-4-18)22-2-1-9-37-17-22)13-25(24)38-28(41)26-14-27(30(32,33)34)39-40(26)23-11-19(15-35)10-20(12-23)16-36/h1-2,5-6,9-14,17-18,42H,3-4,7-8,15,35H2,(H,38,41). The number of anilines is 1. The van der Waals surface area contributed by atoms with E-state index in [4.69, 9.17) is 5.73 Å². The summed E-state index contributed by atoms with van der Waals surface area (Å²) in [7, 11) is 0. The summed E-state index contributed by atoms with van der Waals surface area (Å²) in [6.45, 7) is -0.0178. The molecule has 0 aliphatic heterocycles. The minimum atomic E-state index is -4.89. The maximum atomic E-state index is 15.0. The van der Waals surface area contributed by atoms with Crippen molar-refractivity contribution in [2.45, 2.75) is 44.0 Å². The van der Waals surface area contributed by atoms with Gasteiger partial charge in [0.2, 0.25) is 0 Å². The molecule has 5 rings (SSSR count). The Morgan fingerprint density at radius 1 is 1.14 bits per heavy atom. The van der Waals surface area contributed by atoms with Crippen molar-refractivity contribution in [1.82, 2.24) is 14.8 Å². The fourth-order valence-electron chi connectivity index (χ4n) is 4.80. The third-order valence-corrected chi connectivity index (χ3v) is 7.26. The Balaban J connectivity index is 1.54.